The van der Waals surface area contributed by atoms with E-state index in [4.69, 9.17) is 0 Å². The molecule has 1 aliphatic carbocycles. The molecule has 0 aromatic heterocycles. The van der Waals surface area contributed by atoms with Crippen LogP contribution >= 0.6 is 0 Å². The number of anilines is 1. The highest BCUT2D eigenvalue weighted by Gasteiger charge is 2.13. The first kappa shape index (κ1) is 16.5. The summed E-state index contributed by atoms with van der Waals surface area (Å²) in [6.07, 6.45) is 6.74. The van der Waals surface area contributed by atoms with E-state index in [1.165, 1.54) is 39.2 Å². The van der Waals surface area contributed by atoms with Gasteiger partial charge in [0.2, 0.25) is 5.91 Å². The Hall–Kier alpha value is -1.88. The molecule has 5 heteroatoms. The summed E-state index contributed by atoms with van der Waals surface area (Å²) in [7, 11) is 1.34. The highest BCUT2D eigenvalue weighted by atomic mass is 16.5. The zero-order chi connectivity index (χ0) is 15.8. The third-order valence-electron chi connectivity index (χ3n) is 3.96. The van der Waals surface area contributed by atoms with Gasteiger partial charge in [0.05, 0.1) is 12.7 Å². The van der Waals surface area contributed by atoms with E-state index in [0.29, 0.717) is 30.3 Å². The Bertz CT molecular complexity index is 510. The second-order valence-electron chi connectivity index (χ2n) is 5.66. The Balaban J connectivity index is 1.75. The highest BCUT2D eigenvalue weighted by Crippen LogP contribution is 2.17. The molecule has 120 valence electrons. The van der Waals surface area contributed by atoms with Gasteiger partial charge >= 0.3 is 5.97 Å². The largest absolute Gasteiger partial charge is 0.465 e. The molecule has 0 heterocycles. The zero-order valence-corrected chi connectivity index (χ0v) is 13.1. The van der Waals surface area contributed by atoms with E-state index >= 15 is 0 Å². The van der Waals surface area contributed by atoms with Crippen molar-refractivity contribution in [1.82, 2.24) is 5.32 Å². The molecule has 0 atom stereocenters. The maximum atomic E-state index is 11.9. The fraction of sp³-hybridized carbons (Fsp3) is 0.529. The lowest BCUT2D eigenvalue weighted by atomic mass is 9.95. The standard InChI is InChI=1S/C17H24N2O3/c1-22-17(21)13-6-5-9-15(12-13)19-16(20)10-11-18-14-7-3-2-4-8-14/h5-6,9,12,14,18H,2-4,7-8,10-11H2,1H3,(H,19,20). The summed E-state index contributed by atoms with van der Waals surface area (Å²) in [5, 5.41) is 6.25. The van der Waals surface area contributed by atoms with Crippen molar-refractivity contribution in [3.63, 3.8) is 0 Å². The van der Waals surface area contributed by atoms with Crippen LogP contribution in [0.1, 0.15) is 48.9 Å². The van der Waals surface area contributed by atoms with Crippen LogP contribution in [-0.2, 0) is 9.53 Å². The molecule has 1 aromatic carbocycles. The summed E-state index contributed by atoms with van der Waals surface area (Å²) in [4.78, 5) is 23.4. The number of benzene rings is 1. The number of rotatable bonds is 6. The molecular weight excluding hydrogens is 280 g/mol. The first-order valence-electron chi connectivity index (χ1n) is 7.90. The number of nitrogens with one attached hydrogen (secondary N) is 2. The number of esters is 1. The monoisotopic (exact) mass is 304 g/mol. The van der Waals surface area contributed by atoms with Crippen molar-refractivity contribution < 1.29 is 14.3 Å². The van der Waals surface area contributed by atoms with E-state index in [1.807, 2.05) is 0 Å². The van der Waals surface area contributed by atoms with Gasteiger partial charge in [0.1, 0.15) is 0 Å². The minimum atomic E-state index is -0.407. The van der Waals surface area contributed by atoms with Gasteiger partial charge in [-0.2, -0.15) is 0 Å². The number of ether oxygens (including phenoxy) is 1. The van der Waals surface area contributed by atoms with Crippen LogP contribution in [0.4, 0.5) is 5.69 Å². The average molecular weight is 304 g/mol. The lowest BCUT2D eigenvalue weighted by Gasteiger charge is -2.22. The molecule has 2 N–H and O–H groups in total. The van der Waals surface area contributed by atoms with Gasteiger partial charge in [-0.15, -0.1) is 0 Å². The summed E-state index contributed by atoms with van der Waals surface area (Å²) >= 11 is 0. The van der Waals surface area contributed by atoms with Gasteiger partial charge in [0.15, 0.2) is 0 Å². The van der Waals surface area contributed by atoms with Crippen LogP contribution in [0, 0.1) is 0 Å². The topological polar surface area (TPSA) is 67.4 Å². The lowest BCUT2D eigenvalue weighted by Crippen LogP contribution is -2.33. The van der Waals surface area contributed by atoms with E-state index in [9.17, 15) is 9.59 Å². The van der Waals surface area contributed by atoms with E-state index in [1.54, 1.807) is 24.3 Å². The Morgan fingerprint density at radius 2 is 2.00 bits per heavy atom. The van der Waals surface area contributed by atoms with Crippen molar-refractivity contribution in [2.75, 3.05) is 19.0 Å². The number of carbonyl (C=O) groups is 2. The van der Waals surface area contributed by atoms with Crippen LogP contribution in [0.25, 0.3) is 0 Å². The molecule has 0 aliphatic heterocycles. The second-order valence-corrected chi connectivity index (χ2v) is 5.66. The number of hydrogen-bond donors (Lipinski definition) is 2. The predicted octanol–water partition coefficient (Wildman–Crippen LogP) is 2.72. The molecular formula is C17H24N2O3. The van der Waals surface area contributed by atoms with Gasteiger partial charge in [0.25, 0.3) is 0 Å². The molecule has 1 aliphatic rings. The summed E-state index contributed by atoms with van der Waals surface area (Å²) in [5.74, 6) is -0.458. The van der Waals surface area contributed by atoms with E-state index < -0.39 is 5.97 Å². The minimum Gasteiger partial charge on any atom is -0.465 e. The molecule has 1 aromatic rings. The summed E-state index contributed by atoms with van der Waals surface area (Å²) in [6.45, 7) is 0.688. The van der Waals surface area contributed by atoms with Crippen molar-refractivity contribution in [2.24, 2.45) is 0 Å². The number of amides is 1. The molecule has 22 heavy (non-hydrogen) atoms. The van der Waals surface area contributed by atoms with Gasteiger partial charge < -0.3 is 15.4 Å². The lowest BCUT2D eigenvalue weighted by molar-refractivity contribution is -0.116. The van der Waals surface area contributed by atoms with E-state index in [2.05, 4.69) is 15.4 Å². The third kappa shape index (κ3) is 5.15. The molecule has 0 spiro atoms. The minimum absolute atomic E-state index is 0.0506. The summed E-state index contributed by atoms with van der Waals surface area (Å²) in [5.41, 5.74) is 1.05. The molecule has 5 nitrogen and oxygen atoms in total. The smallest absolute Gasteiger partial charge is 0.337 e. The molecule has 1 fully saturated rings. The number of carbonyl (C=O) groups excluding carboxylic acids is 2. The molecule has 2 rings (SSSR count). The molecule has 0 saturated heterocycles. The van der Waals surface area contributed by atoms with Crippen LogP contribution in [0.3, 0.4) is 0 Å². The fourth-order valence-electron chi connectivity index (χ4n) is 2.76. The maximum Gasteiger partial charge on any atom is 0.337 e. The van der Waals surface area contributed by atoms with Crippen molar-refractivity contribution in [3.8, 4) is 0 Å². The molecule has 0 radical (unpaired) electrons. The van der Waals surface area contributed by atoms with Gasteiger partial charge in [-0.25, -0.2) is 4.79 Å². The maximum absolute atomic E-state index is 11.9. The van der Waals surface area contributed by atoms with Crippen LogP contribution < -0.4 is 10.6 Å². The van der Waals surface area contributed by atoms with Crippen LogP contribution in [0.15, 0.2) is 24.3 Å². The number of hydrogen-bond acceptors (Lipinski definition) is 4. The predicted molar refractivity (Wildman–Crippen MR) is 85.9 cm³/mol. The van der Waals surface area contributed by atoms with Crippen LogP contribution in [0.5, 0.6) is 0 Å². The summed E-state index contributed by atoms with van der Waals surface area (Å²) < 4.78 is 4.67. The van der Waals surface area contributed by atoms with Gasteiger partial charge in [-0.3, -0.25) is 4.79 Å². The third-order valence-corrected chi connectivity index (χ3v) is 3.96. The highest BCUT2D eigenvalue weighted by molar-refractivity contribution is 5.94. The first-order valence-corrected chi connectivity index (χ1v) is 7.90. The fourth-order valence-corrected chi connectivity index (χ4v) is 2.76. The first-order chi connectivity index (χ1) is 10.7. The molecule has 1 saturated carbocycles. The Kier molecular flexibility index (Phi) is 6.40. The Labute approximate surface area is 131 Å². The van der Waals surface area contributed by atoms with Gasteiger partial charge in [-0.05, 0) is 31.0 Å². The second kappa shape index (κ2) is 8.54. The van der Waals surface area contributed by atoms with Crippen LogP contribution in [0.2, 0.25) is 0 Å². The van der Waals surface area contributed by atoms with Gasteiger partial charge in [0, 0.05) is 24.7 Å². The molecule has 1 amide bonds. The van der Waals surface area contributed by atoms with Crippen molar-refractivity contribution >= 4 is 17.6 Å². The Morgan fingerprint density at radius 3 is 2.73 bits per heavy atom. The zero-order valence-electron chi connectivity index (χ0n) is 13.1. The number of methoxy groups -OCH3 is 1. The van der Waals surface area contributed by atoms with Gasteiger partial charge in [-0.1, -0.05) is 25.3 Å². The average Bonchev–Trinajstić information content (AvgIpc) is 2.55. The Morgan fingerprint density at radius 1 is 1.23 bits per heavy atom. The SMILES string of the molecule is COC(=O)c1cccc(NC(=O)CCNC2CCCCC2)c1. The van der Waals surface area contributed by atoms with Crippen LogP contribution in [-0.4, -0.2) is 31.6 Å². The van der Waals surface area contributed by atoms with E-state index in [0.717, 1.165) is 0 Å². The molecule has 0 bridgehead atoms. The van der Waals surface area contributed by atoms with E-state index in [-0.39, 0.29) is 5.91 Å². The van der Waals surface area contributed by atoms with Crippen molar-refractivity contribution in [2.45, 2.75) is 44.6 Å². The summed E-state index contributed by atoms with van der Waals surface area (Å²) in [6, 6.07) is 7.33. The molecule has 0 unspecified atom stereocenters. The van der Waals surface area contributed by atoms with Crippen molar-refractivity contribution in [3.05, 3.63) is 29.8 Å². The van der Waals surface area contributed by atoms with Crippen molar-refractivity contribution in [1.29, 1.82) is 0 Å². The quantitative estimate of drug-likeness (QED) is 0.793. The normalized spacial score (nSPS) is 15.3.